The molecule has 1 heterocycles. The maximum Gasteiger partial charge on any atom is 0.269 e. The van der Waals surface area contributed by atoms with Crippen LogP contribution in [0.25, 0.3) is 20.8 Å². The van der Waals surface area contributed by atoms with E-state index >= 15 is 0 Å². The number of ether oxygens (including phenoxy) is 1. The number of rotatable bonds is 2. The van der Waals surface area contributed by atoms with Crippen molar-refractivity contribution >= 4 is 21.6 Å². The number of hydrogen-bond donors (Lipinski definition) is 0. The molecule has 0 bridgehead atoms. The van der Waals surface area contributed by atoms with E-state index in [1.807, 2.05) is 17.4 Å². The minimum atomic E-state index is 0.938. The third-order valence-corrected chi connectivity index (χ3v) is 4.65. The maximum atomic E-state index is 5.32. The topological polar surface area (TPSA) is 13.1 Å². The van der Waals surface area contributed by atoms with Gasteiger partial charge in [-0.3, -0.25) is 0 Å². The second kappa shape index (κ2) is 4.67. The maximum absolute atomic E-state index is 5.32. The van der Waals surface area contributed by atoms with Gasteiger partial charge in [0.25, 0.3) is 5.01 Å². The van der Waals surface area contributed by atoms with E-state index in [0.29, 0.717) is 0 Å². The summed E-state index contributed by atoms with van der Waals surface area (Å²) >= 11 is 1.82. The Hall–Kier alpha value is -1.87. The molecule has 0 radical (unpaired) electrons. The number of fused-ring (bicyclic) bond motifs is 1. The fourth-order valence-electron chi connectivity index (χ4n) is 2.37. The van der Waals surface area contributed by atoms with Gasteiger partial charge in [0.05, 0.1) is 12.7 Å². The quantitative estimate of drug-likeness (QED) is 0.647. The van der Waals surface area contributed by atoms with Crippen LogP contribution >= 0.6 is 11.3 Å². The number of methoxy groups -OCH3 is 1. The van der Waals surface area contributed by atoms with Gasteiger partial charge in [0, 0.05) is 6.07 Å². The van der Waals surface area contributed by atoms with Crippen molar-refractivity contribution in [3.05, 3.63) is 48.0 Å². The molecule has 2 aromatic carbocycles. The summed E-state index contributed by atoms with van der Waals surface area (Å²) in [4.78, 5) is 0. The van der Waals surface area contributed by atoms with Gasteiger partial charge in [-0.2, -0.15) is 4.57 Å². The Kier molecular flexibility index (Phi) is 2.99. The number of para-hydroxylation sites is 1. The van der Waals surface area contributed by atoms with Gasteiger partial charge < -0.3 is 4.74 Å². The average Bonchev–Trinajstić information content (AvgIpc) is 2.77. The molecule has 3 aromatic rings. The molecule has 1 aromatic heterocycles. The Labute approximate surface area is 116 Å². The zero-order valence-corrected chi connectivity index (χ0v) is 12.1. The Bertz CT molecular complexity index is 746. The first-order valence-corrected chi connectivity index (χ1v) is 7.05. The van der Waals surface area contributed by atoms with Crippen LogP contribution in [0.15, 0.2) is 42.5 Å². The fraction of sp³-hybridized carbons (Fsp3) is 0.188. The molecule has 0 fully saturated rings. The van der Waals surface area contributed by atoms with Crippen molar-refractivity contribution in [1.29, 1.82) is 0 Å². The molecule has 96 valence electrons. The molecule has 0 aliphatic rings. The molecule has 0 saturated carbocycles. The molecule has 3 rings (SSSR count). The van der Waals surface area contributed by atoms with E-state index in [1.54, 1.807) is 7.11 Å². The fourth-order valence-corrected chi connectivity index (χ4v) is 3.51. The molecule has 0 N–H and O–H groups in total. The molecule has 0 atom stereocenters. The monoisotopic (exact) mass is 270 g/mol. The molecule has 2 nitrogen and oxygen atoms in total. The smallest absolute Gasteiger partial charge is 0.269 e. The summed E-state index contributed by atoms with van der Waals surface area (Å²) in [6.45, 7) is 2.08. The molecular formula is C16H16NOS+. The van der Waals surface area contributed by atoms with Crippen molar-refractivity contribution in [2.45, 2.75) is 6.92 Å². The van der Waals surface area contributed by atoms with Crippen LogP contribution in [0.5, 0.6) is 5.75 Å². The third-order valence-electron chi connectivity index (χ3n) is 3.38. The van der Waals surface area contributed by atoms with Crippen molar-refractivity contribution in [1.82, 2.24) is 0 Å². The number of aryl methyl sites for hydroxylation is 2. The van der Waals surface area contributed by atoms with E-state index in [1.165, 1.54) is 20.8 Å². The second-order valence-electron chi connectivity index (χ2n) is 4.62. The largest absolute Gasteiger partial charge is 0.496 e. The van der Waals surface area contributed by atoms with Crippen LogP contribution in [0.3, 0.4) is 0 Å². The van der Waals surface area contributed by atoms with Gasteiger partial charge >= 0.3 is 0 Å². The van der Waals surface area contributed by atoms with Gasteiger partial charge in [0.15, 0.2) is 0 Å². The van der Waals surface area contributed by atoms with E-state index in [2.05, 4.69) is 54.9 Å². The van der Waals surface area contributed by atoms with Gasteiger partial charge in [-0.05, 0) is 36.8 Å². The van der Waals surface area contributed by atoms with Crippen LogP contribution in [0.2, 0.25) is 0 Å². The van der Waals surface area contributed by atoms with Gasteiger partial charge in [0.2, 0.25) is 5.52 Å². The Morgan fingerprint density at radius 1 is 1.11 bits per heavy atom. The van der Waals surface area contributed by atoms with Crippen LogP contribution in [0.4, 0.5) is 0 Å². The molecule has 3 heteroatoms. The lowest BCUT2D eigenvalue weighted by Gasteiger charge is -2.04. The van der Waals surface area contributed by atoms with E-state index in [9.17, 15) is 0 Å². The van der Waals surface area contributed by atoms with E-state index in [-0.39, 0.29) is 0 Å². The Balaban J connectivity index is 2.19. The Morgan fingerprint density at radius 2 is 1.89 bits per heavy atom. The molecule has 0 spiro atoms. The second-order valence-corrected chi connectivity index (χ2v) is 5.65. The highest BCUT2D eigenvalue weighted by Gasteiger charge is 2.18. The molecule has 0 aliphatic carbocycles. The highest BCUT2D eigenvalue weighted by Crippen LogP contribution is 2.30. The third kappa shape index (κ3) is 2.00. The van der Waals surface area contributed by atoms with Crippen molar-refractivity contribution in [2.75, 3.05) is 7.11 Å². The summed E-state index contributed by atoms with van der Waals surface area (Å²) in [5, 5.41) is 1.27. The highest BCUT2D eigenvalue weighted by atomic mass is 32.1. The zero-order chi connectivity index (χ0) is 13.4. The van der Waals surface area contributed by atoms with Crippen LogP contribution < -0.4 is 9.30 Å². The van der Waals surface area contributed by atoms with Crippen molar-refractivity contribution in [2.24, 2.45) is 7.05 Å². The van der Waals surface area contributed by atoms with Crippen LogP contribution in [-0.4, -0.2) is 7.11 Å². The molecule has 0 aliphatic heterocycles. The zero-order valence-electron chi connectivity index (χ0n) is 11.3. The number of hydrogen-bond acceptors (Lipinski definition) is 2. The highest BCUT2D eigenvalue weighted by molar-refractivity contribution is 7.21. The average molecular weight is 270 g/mol. The molecule has 0 unspecified atom stereocenters. The number of thiazole rings is 1. The number of aromatic nitrogens is 1. The van der Waals surface area contributed by atoms with E-state index < -0.39 is 0 Å². The minimum Gasteiger partial charge on any atom is -0.496 e. The van der Waals surface area contributed by atoms with Gasteiger partial charge in [-0.25, -0.2) is 0 Å². The van der Waals surface area contributed by atoms with Gasteiger partial charge in [-0.15, -0.1) is 0 Å². The minimum absolute atomic E-state index is 0.938. The van der Waals surface area contributed by atoms with Crippen LogP contribution in [0, 0.1) is 6.92 Å². The van der Waals surface area contributed by atoms with Gasteiger partial charge in [-0.1, -0.05) is 23.5 Å². The van der Waals surface area contributed by atoms with E-state index in [0.717, 1.165) is 11.3 Å². The number of nitrogens with zero attached hydrogens (tertiary/aromatic N) is 1. The number of benzene rings is 2. The molecule has 19 heavy (non-hydrogen) atoms. The van der Waals surface area contributed by atoms with Gasteiger partial charge in [0.1, 0.15) is 17.5 Å². The Morgan fingerprint density at radius 3 is 2.58 bits per heavy atom. The summed E-state index contributed by atoms with van der Waals surface area (Å²) in [6.07, 6.45) is 0. The van der Waals surface area contributed by atoms with Crippen molar-refractivity contribution in [3.8, 4) is 16.3 Å². The summed E-state index contributed by atoms with van der Waals surface area (Å²) < 4.78 is 8.89. The summed E-state index contributed by atoms with van der Waals surface area (Å²) in [5.41, 5.74) is 3.68. The first-order valence-electron chi connectivity index (χ1n) is 6.23. The first-order chi connectivity index (χ1) is 9.20. The SMILES string of the molecule is COc1ccc(-c2sc3ccccc3[n+]2C)cc1C. The van der Waals surface area contributed by atoms with Crippen molar-refractivity contribution in [3.63, 3.8) is 0 Å². The summed E-state index contributed by atoms with van der Waals surface area (Å²) in [5.74, 6) is 0.938. The molecular weight excluding hydrogens is 254 g/mol. The predicted molar refractivity (Wildman–Crippen MR) is 79.7 cm³/mol. The van der Waals surface area contributed by atoms with E-state index in [4.69, 9.17) is 4.74 Å². The first kappa shape index (κ1) is 12.2. The summed E-state index contributed by atoms with van der Waals surface area (Å²) in [7, 11) is 3.83. The standard InChI is InChI=1S/C16H16NOS/c1-11-10-12(8-9-14(11)18-3)16-17(2)13-6-4-5-7-15(13)19-16/h4-10H,1-3H3/q+1. The lowest BCUT2D eigenvalue weighted by atomic mass is 10.1. The van der Waals surface area contributed by atoms with Crippen molar-refractivity contribution < 1.29 is 9.30 Å². The predicted octanol–water partition coefficient (Wildman–Crippen LogP) is 3.71. The van der Waals surface area contributed by atoms with Crippen LogP contribution in [0.1, 0.15) is 5.56 Å². The normalized spacial score (nSPS) is 10.9. The molecule has 0 amide bonds. The lowest BCUT2D eigenvalue weighted by Crippen LogP contribution is -2.28. The lowest BCUT2D eigenvalue weighted by molar-refractivity contribution is -0.629. The van der Waals surface area contributed by atoms with Crippen LogP contribution in [-0.2, 0) is 7.05 Å². The molecule has 0 saturated heterocycles. The summed E-state index contributed by atoms with van der Waals surface area (Å²) in [6, 6.07) is 14.8.